The molecule has 0 unspecified atom stereocenters. The third-order valence-corrected chi connectivity index (χ3v) is 3.04. The van der Waals surface area contributed by atoms with Crippen LogP contribution in [-0.2, 0) is 0 Å². The average Bonchev–Trinajstić information content (AvgIpc) is 2.90. The topological polar surface area (TPSA) is 109 Å². The lowest BCUT2D eigenvalue weighted by Crippen LogP contribution is -2.34. The minimum absolute atomic E-state index is 0.0534. The predicted molar refractivity (Wildman–Crippen MR) is 88.4 cm³/mol. The summed E-state index contributed by atoms with van der Waals surface area (Å²) in [5.74, 6) is 0.307. The number of amides is 2. The number of carbonyl (C=O) groups is 1. The maximum Gasteiger partial charge on any atom is 0.418 e. The minimum atomic E-state index is -0.593. The molecular formula is C16H16N4O4. The number of oxazole rings is 1. The van der Waals surface area contributed by atoms with E-state index < -0.39 is 5.76 Å². The Hall–Kier alpha value is -3.29. The molecule has 0 bridgehead atoms. The van der Waals surface area contributed by atoms with Gasteiger partial charge in [0, 0.05) is 24.0 Å². The van der Waals surface area contributed by atoms with Gasteiger partial charge in [-0.2, -0.15) is 0 Å². The number of hydrogen-bond acceptors (Lipinski definition) is 5. The molecule has 2 aromatic heterocycles. The molecule has 3 rings (SSSR count). The second-order valence-corrected chi connectivity index (χ2v) is 5.38. The van der Waals surface area contributed by atoms with Crippen molar-refractivity contribution < 1.29 is 13.9 Å². The fourth-order valence-electron chi connectivity index (χ4n) is 2.08. The van der Waals surface area contributed by atoms with Gasteiger partial charge in [0.05, 0.1) is 0 Å². The van der Waals surface area contributed by atoms with E-state index in [0.717, 1.165) is 0 Å². The Bertz CT molecular complexity index is 912. The first-order valence-corrected chi connectivity index (χ1v) is 7.34. The minimum Gasteiger partial charge on any atom is -0.453 e. The first kappa shape index (κ1) is 15.6. The van der Waals surface area contributed by atoms with E-state index >= 15 is 0 Å². The van der Waals surface area contributed by atoms with Crippen molar-refractivity contribution in [1.29, 1.82) is 0 Å². The second kappa shape index (κ2) is 6.45. The summed E-state index contributed by atoms with van der Waals surface area (Å²) in [6, 6.07) is 8.19. The van der Waals surface area contributed by atoms with Gasteiger partial charge in [0.25, 0.3) is 0 Å². The fourth-order valence-corrected chi connectivity index (χ4v) is 2.08. The number of nitrogens with one attached hydrogen (secondary N) is 3. The molecule has 8 heteroatoms. The highest BCUT2D eigenvalue weighted by Crippen LogP contribution is 2.28. The number of aromatic nitrogens is 2. The maximum atomic E-state index is 11.6. The van der Waals surface area contributed by atoms with E-state index in [0.29, 0.717) is 22.8 Å². The number of H-pyrrole nitrogens is 1. The van der Waals surface area contributed by atoms with Crippen molar-refractivity contribution >= 4 is 22.9 Å². The number of aromatic amines is 1. The lowest BCUT2D eigenvalue weighted by molar-refractivity contribution is 0.250. The molecule has 0 aliphatic heterocycles. The number of urea groups is 1. The maximum absolute atomic E-state index is 11.6. The molecular weight excluding hydrogens is 312 g/mol. The lowest BCUT2D eigenvalue weighted by Gasteiger charge is -2.11. The van der Waals surface area contributed by atoms with E-state index in [1.165, 1.54) is 6.20 Å². The largest absolute Gasteiger partial charge is 0.453 e. The van der Waals surface area contributed by atoms with Gasteiger partial charge in [-0.3, -0.25) is 4.98 Å². The van der Waals surface area contributed by atoms with E-state index in [2.05, 4.69) is 20.6 Å². The Morgan fingerprint density at radius 3 is 2.71 bits per heavy atom. The second-order valence-electron chi connectivity index (χ2n) is 5.38. The fraction of sp³-hybridized carbons (Fsp3) is 0.188. The van der Waals surface area contributed by atoms with Crippen LogP contribution in [0.5, 0.6) is 11.5 Å². The highest BCUT2D eigenvalue weighted by atomic mass is 16.5. The molecule has 2 heterocycles. The van der Waals surface area contributed by atoms with Gasteiger partial charge >= 0.3 is 11.8 Å². The summed E-state index contributed by atoms with van der Waals surface area (Å²) in [7, 11) is 0. The molecule has 0 fully saturated rings. The molecule has 24 heavy (non-hydrogen) atoms. The van der Waals surface area contributed by atoms with Gasteiger partial charge < -0.3 is 19.8 Å². The number of rotatable bonds is 4. The smallest absolute Gasteiger partial charge is 0.418 e. The molecule has 0 aliphatic rings. The van der Waals surface area contributed by atoms with Crippen LogP contribution in [0.2, 0.25) is 0 Å². The SMILES string of the molecule is CC(C)NC(=O)Nc1ccc(Oc2ccnc3[nH]c(=O)oc23)cc1. The molecule has 1 aromatic carbocycles. The Labute approximate surface area is 136 Å². The summed E-state index contributed by atoms with van der Waals surface area (Å²) in [4.78, 5) is 29.3. The molecule has 0 aliphatic carbocycles. The van der Waals surface area contributed by atoms with Gasteiger partial charge in [-0.25, -0.2) is 14.6 Å². The summed E-state index contributed by atoms with van der Waals surface area (Å²) in [5, 5.41) is 5.45. The van der Waals surface area contributed by atoms with Crippen LogP contribution in [0.25, 0.3) is 11.2 Å². The summed E-state index contributed by atoms with van der Waals surface area (Å²) >= 11 is 0. The Kier molecular flexibility index (Phi) is 4.19. The van der Waals surface area contributed by atoms with Crippen LogP contribution in [0.1, 0.15) is 13.8 Å². The zero-order valence-electron chi connectivity index (χ0n) is 13.1. The molecule has 3 N–H and O–H groups in total. The van der Waals surface area contributed by atoms with Crippen molar-refractivity contribution in [3.05, 3.63) is 47.1 Å². The van der Waals surface area contributed by atoms with E-state index in [1.807, 2.05) is 13.8 Å². The highest BCUT2D eigenvalue weighted by molar-refractivity contribution is 5.89. The van der Waals surface area contributed by atoms with Crippen LogP contribution in [0, 0.1) is 0 Å². The third-order valence-electron chi connectivity index (χ3n) is 3.04. The number of carbonyl (C=O) groups excluding carboxylic acids is 1. The normalized spacial score (nSPS) is 10.8. The number of fused-ring (bicyclic) bond motifs is 1. The Balaban J connectivity index is 1.74. The first-order chi connectivity index (χ1) is 11.5. The number of nitrogens with zero attached hydrogens (tertiary/aromatic N) is 1. The number of ether oxygens (including phenoxy) is 1. The standard InChI is InChI=1S/C16H16N4O4/c1-9(2)18-15(21)19-10-3-5-11(6-4-10)23-12-7-8-17-14-13(12)24-16(22)20-14/h3-9H,1-2H3,(H,17,20,22)(H2,18,19,21). The van der Waals surface area contributed by atoms with Crippen LogP contribution >= 0.6 is 0 Å². The molecule has 0 radical (unpaired) electrons. The monoisotopic (exact) mass is 328 g/mol. The summed E-state index contributed by atoms with van der Waals surface area (Å²) < 4.78 is 10.7. The first-order valence-electron chi connectivity index (χ1n) is 7.34. The van der Waals surface area contributed by atoms with Gasteiger partial charge in [0.15, 0.2) is 11.4 Å². The molecule has 0 saturated carbocycles. The van der Waals surface area contributed by atoms with E-state index in [1.54, 1.807) is 30.3 Å². The van der Waals surface area contributed by atoms with Gasteiger partial charge in [-0.05, 0) is 38.1 Å². The molecule has 2 amide bonds. The summed E-state index contributed by atoms with van der Waals surface area (Å²) in [6.07, 6.45) is 1.51. The van der Waals surface area contributed by atoms with Crippen molar-refractivity contribution in [3.8, 4) is 11.5 Å². The lowest BCUT2D eigenvalue weighted by atomic mass is 10.3. The van der Waals surface area contributed by atoms with E-state index in [-0.39, 0.29) is 17.7 Å². The zero-order valence-corrected chi connectivity index (χ0v) is 13.1. The van der Waals surface area contributed by atoms with Crippen LogP contribution in [0.3, 0.4) is 0 Å². The van der Waals surface area contributed by atoms with Gasteiger partial charge in [0.2, 0.25) is 5.58 Å². The molecule has 0 atom stereocenters. The Morgan fingerprint density at radius 2 is 2.00 bits per heavy atom. The molecule has 0 saturated heterocycles. The Morgan fingerprint density at radius 1 is 1.25 bits per heavy atom. The van der Waals surface area contributed by atoms with Crippen molar-refractivity contribution in [3.63, 3.8) is 0 Å². The molecule has 0 spiro atoms. The number of hydrogen-bond donors (Lipinski definition) is 3. The van der Waals surface area contributed by atoms with Crippen LogP contribution in [0.15, 0.2) is 45.7 Å². The van der Waals surface area contributed by atoms with Crippen molar-refractivity contribution in [2.45, 2.75) is 19.9 Å². The number of benzene rings is 1. The molecule has 8 nitrogen and oxygen atoms in total. The number of pyridine rings is 1. The molecule has 124 valence electrons. The van der Waals surface area contributed by atoms with E-state index in [9.17, 15) is 9.59 Å². The zero-order chi connectivity index (χ0) is 17.1. The predicted octanol–water partition coefficient (Wildman–Crippen LogP) is 2.84. The van der Waals surface area contributed by atoms with Gasteiger partial charge in [0.1, 0.15) is 5.75 Å². The van der Waals surface area contributed by atoms with Crippen LogP contribution in [0.4, 0.5) is 10.5 Å². The average molecular weight is 328 g/mol. The van der Waals surface area contributed by atoms with Crippen molar-refractivity contribution in [1.82, 2.24) is 15.3 Å². The van der Waals surface area contributed by atoms with Gasteiger partial charge in [-0.1, -0.05) is 0 Å². The van der Waals surface area contributed by atoms with Crippen LogP contribution < -0.4 is 21.1 Å². The quantitative estimate of drug-likeness (QED) is 0.682. The van der Waals surface area contributed by atoms with Gasteiger partial charge in [-0.15, -0.1) is 0 Å². The van der Waals surface area contributed by atoms with E-state index in [4.69, 9.17) is 9.15 Å². The summed E-state index contributed by atoms with van der Waals surface area (Å²) in [5.41, 5.74) is 1.20. The number of anilines is 1. The van der Waals surface area contributed by atoms with Crippen molar-refractivity contribution in [2.24, 2.45) is 0 Å². The van der Waals surface area contributed by atoms with Crippen molar-refractivity contribution in [2.75, 3.05) is 5.32 Å². The highest BCUT2D eigenvalue weighted by Gasteiger charge is 2.10. The third kappa shape index (κ3) is 3.54. The van der Waals surface area contributed by atoms with Crippen LogP contribution in [-0.4, -0.2) is 22.0 Å². The summed E-state index contributed by atoms with van der Waals surface area (Å²) in [6.45, 7) is 3.76. The molecule has 3 aromatic rings.